The lowest BCUT2D eigenvalue weighted by Crippen LogP contribution is -2.15. The summed E-state index contributed by atoms with van der Waals surface area (Å²) in [6, 6.07) is 22.8. The summed E-state index contributed by atoms with van der Waals surface area (Å²) < 4.78 is 1.52. The predicted molar refractivity (Wildman–Crippen MR) is 117 cm³/mol. The van der Waals surface area contributed by atoms with E-state index in [1.807, 2.05) is 48.5 Å². The van der Waals surface area contributed by atoms with Crippen LogP contribution in [0.25, 0.3) is 16.9 Å². The fourth-order valence-corrected chi connectivity index (χ4v) is 3.11. The first kappa shape index (κ1) is 20.4. The lowest BCUT2D eigenvalue weighted by Gasteiger charge is -2.09. The second kappa shape index (κ2) is 8.48. The number of amides is 1. The molecule has 1 amide bonds. The first-order valence-electron chi connectivity index (χ1n) is 9.38. The molecule has 0 bridgehead atoms. The summed E-state index contributed by atoms with van der Waals surface area (Å²) in [5.74, 6) is -0.442. The van der Waals surface area contributed by atoms with Crippen LogP contribution in [-0.2, 0) is 0 Å². The van der Waals surface area contributed by atoms with Crippen molar-refractivity contribution in [1.82, 2.24) is 9.78 Å². The number of anilines is 1. The van der Waals surface area contributed by atoms with Crippen LogP contribution in [-0.4, -0.2) is 25.5 Å². The molecule has 0 saturated carbocycles. The van der Waals surface area contributed by atoms with Crippen LogP contribution in [0.2, 0.25) is 0 Å². The highest BCUT2D eigenvalue weighted by Crippen LogP contribution is 2.27. The molecular weight excluding hydrogens is 414 g/mol. The molecule has 4 rings (SSSR count). The molecule has 0 aliphatic heterocycles. The number of nitrogens with zero attached hydrogens (tertiary/aromatic N) is 4. The zero-order valence-electron chi connectivity index (χ0n) is 16.4. The van der Waals surface area contributed by atoms with Gasteiger partial charge in [0.1, 0.15) is 5.82 Å². The highest BCUT2D eigenvalue weighted by Gasteiger charge is 2.21. The number of aromatic nitrogens is 2. The van der Waals surface area contributed by atoms with Gasteiger partial charge >= 0.3 is 0 Å². The average Bonchev–Trinajstić information content (AvgIpc) is 3.23. The fraction of sp³-hybridized carbons (Fsp3) is 0. The average molecular weight is 429 g/mol. The highest BCUT2D eigenvalue weighted by atomic mass is 16.6. The second-order valence-corrected chi connectivity index (χ2v) is 6.73. The number of rotatable bonds is 6. The Morgan fingerprint density at radius 1 is 0.812 bits per heavy atom. The van der Waals surface area contributed by atoms with Gasteiger partial charge in [-0.3, -0.25) is 25.0 Å². The van der Waals surface area contributed by atoms with Gasteiger partial charge in [0, 0.05) is 23.8 Å². The van der Waals surface area contributed by atoms with Crippen molar-refractivity contribution in [3.63, 3.8) is 0 Å². The number of carbonyl (C=O) groups is 1. The van der Waals surface area contributed by atoms with E-state index in [4.69, 9.17) is 0 Å². The molecule has 0 aliphatic carbocycles. The Balaban J connectivity index is 1.75. The zero-order valence-corrected chi connectivity index (χ0v) is 16.4. The number of para-hydroxylation sites is 1. The number of nitrogens with one attached hydrogen (secondary N) is 1. The topological polar surface area (TPSA) is 133 Å². The Labute approximate surface area is 181 Å². The predicted octanol–water partition coefficient (Wildman–Crippen LogP) is 4.61. The first-order valence-corrected chi connectivity index (χ1v) is 9.38. The van der Waals surface area contributed by atoms with E-state index < -0.39 is 27.1 Å². The molecular formula is C22H15N5O5. The van der Waals surface area contributed by atoms with E-state index >= 15 is 0 Å². The van der Waals surface area contributed by atoms with Crippen LogP contribution < -0.4 is 5.32 Å². The van der Waals surface area contributed by atoms with Crippen molar-refractivity contribution in [2.45, 2.75) is 0 Å². The standard InChI is InChI=1S/C22H15N5O5/c28-22(16-11-18(26(29)30)13-19(12-16)27(31)32)23-21-14-20(15-7-3-1-4-8-15)24-25(21)17-9-5-2-6-10-17/h1-14H,(H,23,28). The van der Waals surface area contributed by atoms with Crippen LogP contribution in [0.3, 0.4) is 0 Å². The third-order valence-electron chi connectivity index (χ3n) is 4.61. The highest BCUT2D eigenvalue weighted by molar-refractivity contribution is 6.05. The summed E-state index contributed by atoms with van der Waals surface area (Å²) in [6.45, 7) is 0. The summed E-state index contributed by atoms with van der Waals surface area (Å²) in [7, 11) is 0. The normalized spacial score (nSPS) is 10.5. The van der Waals surface area contributed by atoms with Crippen LogP contribution in [0.5, 0.6) is 0 Å². The maximum absolute atomic E-state index is 12.9. The Bertz CT molecular complexity index is 1290. The summed E-state index contributed by atoms with van der Waals surface area (Å²) in [5.41, 5.74) is 0.776. The molecule has 0 fully saturated rings. The van der Waals surface area contributed by atoms with Gasteiger partial charge in [-0.05, 0) is 12.1 Å². The molecule has 1 N–H and O–H groups in total. The number of non-ortho nitro benzene ring substituents is 2. The molecule has 1 heterocycles. The maximum atomic E-state index is 12.9. The number of hydrogen-bond acceptors (Lipinski definition) is 6. The first-order chi connectivity index (χ1) is 15.4. The molecule has 0 radical (unpaired) electrons. The molecule has 0 unspecified atom stereocenters. The van der Waals surface area contributed by atoms with Crippen molar-refractivity contribution in [1.29, 1.82) is 0 Å². The molecule has 0 saturated heterocycles. The Morgan fingerprint density at radius 3 is 1.94 bits per heavy atom. The van der Waals surface area contributed by atoms with Gasteiger partial charge in [-0.15, -0.1) is 0 Å². The van der Waals surface area contributed by atoms with Crippen molar-refractivity contribution in [3.05, 3.63) is 111 Å². The second-order valence-electron chi connectivity index (χ2n) is 6.73. The van der Waals surface area contributed by atoms with Crippen LogP contribution in [0.4, 0.5) is 17.2 Å². The molecule has 32 heavy (non-hydrogen) atoms. The van der Waals surface area contributed by atoms with E-state index in [1.54, 1.807) is 18.2 Å². The van der Waals surface area contributed by atoms with Crippen LogP contribution in [0.15, 0.2) is 84.9 Å². The number of benzene rings is 3. The minimum absolute atomic E-state index is 0.215. The van der Waals surface area contributed by atoms with Crippen LogP contribution >= 0.6 is 0 Å². The van der Waals surface area contributed by atoms with E-state index in [0.717, 1.165) is 23.8 Å². The molecule has 1 aromatic heterocycles. The summed E-state index contributed by atoms with van der Waals surface area (Å²) >= 11 is 0. The summed E-state index contributed by atoms with van der Waals surface area (Å²) in [6.07, 6.45) is 0. The Morgan fingerprint density at radius 2 is 1.38 bits per heavy atom. The molecule has 3 aromatic carbocycles. The van der Waals surface area contributed by atoms with Crippen molar-refractivity contribution in [2.75, 3.05) is 5.32 Å². The van der Waals surface area contributed by atoms with Gasteiger partial charge in [0.25, 0.3) is 17.3 Å². The number of nitro benzene ring substituents is 2. The van der Waals surface area contributed by atoms with E-state index in [0.29, 0.717) is 17.2 Å². The zero-order chi connectivity index (χ0) is 22.7. The lowest BCUT2D eigenvalue weighted by atomic mass is 10.1. The number of carbonyl (C=O) groups excluding carboxylic acids is 1. The molecule has 10 heteroatoms. The molecule has 10 nitrogen and oxygen atoms in total. The summed E-state index contributed by atoms with van der Waals surface area (Å²) in [4.78, 5) is 33.6. The fourth-order valence-electron chi connectivity index (χ4n) is 3.11. The van der Waals surface area contributed by atoms with Gasteiger partial charge in [-0.25, -0.2) is 4.68 Å². The molecule has 4 aromatic rings. The smallest absolute Gasteiger partial charge is 0.277 e. The maximum Gasteiger partial charge on any atom is 0.277 e. The molecule has 158 valence electrons. The van der Waals surface area contributed by atoms with Gasteiger partial charge in [0.05, 0.1) is 32.9 Å². The van der Waals surface area contributed by atoms with E-state index in [1.165, 1.54) is 4.68 Å². The van der Waals surface area contributed by atoms with Gasteiger partial charge in [0.2, 0.25) is 0 Å². The van der Waals surface area contributed by atoms with Gasteiger partial charge in [-0.1, -0.05) is 48.5 Å². The van der Waals surface area contributed by atoms with E-state index in [2.05, 4.69) is 10.4 Å². The van der Waals surface area contributed by atoms with Crippen molar-refractivity contribution < 1.29 is 14.6 Å². The van der Waals surface area contributed by atoms with Gasteiger partial charge < -0.3 is 5.32 Å². The third kappa shape index (κ3) is 4.19. The van der Waals surface area contributed by atoms with E-state index in [-0.39, 0.29) is 5.56 Å². The van der Waals surface area contributed by atoms with Gasteiger partial charge in [0.15, 0.2) is 0 Å². The van der Waals surface area contributed by atoms with Crippen molar-refractivity contribution in [2.24, 2.45) is 0 Å². The third-order valence-corrected chi connectivity index (χ3v) is 4.61. The quantitative estimate of drug-likeness (QED) is 0.351. The molecule has 0 atom stereocenters. The van der Waals surface area contributed by atoms with Crippen molar-refractivity contribution in [3.8, 4) is 16.9 Å². The van der Waals surface area contributed by atoms with Crippen molar-refractivity contribution >= 4 is 23.1 Å². The molecule has 0 aliphatic rings. The lowest BCUT2D eigenvalue weighted by molar-refractivity contribution is -0.394. The number of hydrogen-bond donors (Lipinski definition) is 1. The number of nitro groups is 2. The minimum atomic E-state index is -0.786. The largest absolute Gasteiger partial charge is 0.306 e. The van der Waals surface area contributed by atoms with Crippen LogP contribution in [0.1, 0.15) is 10.4 Å². The Hall–Kier alpha value is -4.86. The summed E-state index contributed by atoms with van der Waals surface area (Å²) in [5, 5.41) is 29.5. The van der Waals surface area contributed by atoms with E-state index in [9.17, 15) is 25.0 Å². The molecule has 0 spiro atoms. The monoisotopic (exact) mass is 429 g/mol. The Kier molecular flexibility index (Phi) is 5.41. The van der Waals surface area contributed by atoms with Gasteiger partial charge in [-0.2, -0.15) is 5.10 Å². The SMILES string of the molecule is O=C(Nc1cc(-c2ccccc2)nn1-c1ccccc1)c1cc([N+](=O)[O-])cc([N+](=O)[O-])c1. The van der Waals surface area contributed by atoms with Crippen LogP contribution in [0, 0.1) is 20.2 Å². The minimum Gasteiger partial charge on any atom is -0.306 e.